The minimum Gasteiger partial charge on any atom is -0.495 e. The third-order valence-electron chi connectivity index (χ3n) is 4.53. The van der Waals surface area contributed by atoms with Gasteiger partial charge in [0.25, 0.3) is 0 Å². The number of ether oxygens (including phenoxy) is 2. The van der Waals surface area contributed by atoms with E-state index in [0.29, 0.717) is 6.04 Å². The number of hydrogen-bond donors (Lipinski definition) is 1. The van der Waals surface area contributed by atoms with Gasteiger partial charge in [0.2, 0.25) is 0 Å². The highest BCUT2D eigenvalue weighted by Gasteiger charge is 2.24. The summed E-state index contributed by atoms with van der Waals surface area (Å²) in [5.74, 6) is 1.69. The number of benzene rings is 1. The number of nitrogens with zero attached hydrogens (tertiary/aromatic N) is 1. The molecule has 4 nitrogen and oxygen atoms in total. The van der Waals surface area contributed by atoms with Crippen molar-refractivity contribution in [3.63, 3.8) is 0 Å². The van der Waals surface area contributed by atoms with E-state index in [2.05, 4.69) is 45.2 Å². The van der Waals surface area contributed by atoms with Gasteiger partial charge in [-0.1, -0.05) is 26.2 Å². The lowest BCUT2D eigenvalue weighted by molar-refractivity contribution is 0.162. The second kappa shape index (κ2) is 9.50. The molecule has 1 fully saturated rings. The molecule has 0 radical (unpaired) electrons. The van der Waals surface area contributed by atoms with E-state index >= 15 is 0 Å². The monoisotopic (exact) mass is 384 g/mol. The van der Waals surface area contributed by atoms with Gasteiger partial charge < -0.3 is 14.8 Å². The van der Waals surface area contributed by atoms with Gasteiger partial charge in [0.1, 0.15) is 16.0 Å². The van der Waals surface area contributed by atoms with Crippen molar-refractivity contribution in [3.8, 4) is 11.5 Å². The Labute approximate surface area is 148 Å². The van der Waals surface area contributed by atoms with E-state index in [9.17, 15) is 0 Å². The van der Waals surface area contributed by atoms with Crippen LogP contribution in [-0.2, 0) is 0 Å². The van der Waals surface area contributed by atoms with E-state index < -0.39 is 0 Å². The summed E-state index contributed by atoms with van der Waals surface area (Å²) in [7, 11) is 3.42. The molecule has 0 aliphatic carbocycles. The average Bonchev–Trinajstić information content (AvgIpc) is 2.60. The third kappa shape index (κ3) is 4.85. The first kappa shape index (κ1) is 18.6. The average molecular weight is 385 g/mol. The molecule has 0 saturated carbocycles. The van der Waals surface area contributed by atoms with Crippen molar-refractivity contribution < 1.29 is 9.47 Å². The molecule has 5 heteroatoms. The van der Waals surface area contributed by atoms with Crippen LogP contribution >= 0.6 is 15.9 Å². The molecular formula is C18H29BrN2O2. The normalized spacial score (nSPS) is 17.0. The molecule has 1 aliphatic rings. The fourth-order valence-electron chi connectivity index (χ4n) is 3.22. The molecule has 0 spiro atoms. The number of rotatable bonds is 8. The zero-order valence-corrected chi connectivity index (χ0v) is 16.1. The Balaban J connectivity index is 2.28. The highest BCUT2D eigenvalue weighted by Crippen LogP contribution is 2.39. The second-order valence-electron chi connectivity index (χ2n) is 6.04. The molecule has 23 heavy (non-hydrogen) atoms. The van der Waals surface area contributed by atoms with Gasteiger partial charge in [-0.05, 0) is 40.0 Å². The summed E-state index contributed by atoms with van der Waals surface area (Å²) in [5.41, 5.74) is 1.29. The zero-order valence-electron chi connectivity index (χ0n) is 14.5. The second-order valence-corrected chi connectivity index (χ2v) is 6.83. The molecule has 1 atom stereocenters. The van der Waals surface area contributed by atoms with E-state index in [1.54, 1.807) is 14.2 Å². The van der Waals surface area contributed by atoms with Gasteiger partial charge in [-0.25, -0.2) is 0 Å². The molecule has 1 saturated heterocycles. The molecule has 0 aromatic heterocycles. The van der Waals surface area contributed by atoms with Crippen molar-refractivity contribution in [2.45, 2.75) is 38.6 Å². The summed E-state index contributed by atoms with van der Waals surface area (Å²) in [6.45, 7) is 6.57. The standard InChI is InChI=1S/C18H29BrN2O2/c1-4-5-6-7-15(21-10-8-20-9-11-21)14-12-16(22-2)18(19)17(13-14)23-3/h12-13,15,20H,4-11H2,1-3H3/t15-/m1/s1. The number of halogens is 1. The van der Waals surface area contributed by atoms with Gasteiger partial charge in [-0.3, -0.25) is 4.90 Å². The number of hydrogen-bond acceptors (Lipinski definition) is 4. The van der Waals surface area contributed by atoms with Crippen LogP contribution in [0.4, 0.5) is 0 Å². The molecule has 1 aliphatic heterocycles. The van der Waals surface area contributed by atoms with E-state index in [0.717, 1.165) is 42.2 Å². The van der Waals surface area contributed by atoms with E-state index in [1.807, 2.05) is 0 Å². The largest absolute Gasteiger partial charge is 0.495 e. The Hall–Kier alpha value is -0.780. The first-order valence-corrected chi connectivity index (χ1v) is 9.36. The summed E-state index contributed by atoms with van der Waals surface area (Å²) in [5, 5.41) is 3.44. The van der Waals surface area contributed by atoms with Crippen molar-refractivity contribution in [2.75, 3.05) is 40.4 Å². The molecule has 130 valence electrons. The summed E-state index contributed by atoms with van der Waals surface area (Å²) < 4.78 is 12.0. The lowest BCUT2D eigenvalue weighted by atomic mass is 9.97. The highest BCUT2D eigenvalue weighted by atomic mass is 79.9. The van der Waals surface area contributed by atoms with Crippen LogP contribution in [0, 0.1) is 0 Å². The van der Waals surface area contributed by atoms with Gasteiger partial charge in [0.05, 0.1) is 14.2 Å². The minimum absolute atomic E-state index is 0.430. The van der Waals surface area contributed by atoms with Gasteiger partial charge >= 0.3 is 0 Å². The molecule has 1 aromatic carbocycles. The molecule has 1 heterocycles. The van der Waals surface area contributed by atoms with Gasteiger partial charge in [-0.2, -0.15) is 0 Å². The maximum atomic E-state index is 5.53. The van der Waals surface area contributed by atoms with Crippen molar-refractivity contribution in [3.05, 3.63) is 22.2 Å². The minimum atomic E-state index is 0.430. The third-order valence-corrected chi connectivity index (χ3v) is 5.31. The summed E-state index contributed by atoms with van der Waals surface area (Å²) in [6, 6.07) is 4.75. The SMILES string of the molecule is CCCCC[C@H](c1cc(OC)c(Br)c(OC)c1)N1CCNCC1. The zero-order chi connectivity index (χ0) is 16.7. The lowest BCUT2D eigenvalue weighted by Gasteiger charge is -2.35. The first-order valence-electron chi connectivity index (χ1n) is 8.57. The van der Waals surface area contributed by atoms with E-state index in [4.69, 9.17) is 9.47 Å². The smallest absolute Gasteiger partial charge is 0.137 e. The van der Waals surface area contributed by atoms with Crippen molar-refractivity contribution in [1.82, 2.24) is 10.2 Å². The number of nitrogens with one attached hydrogen (secondary N) is 1. The van der Waals surface area contributed by atoms with E-state index in [1.165, 1.54) is 31.2 Å². The Morgan fingerprint density at radius 2 is 1.74 bits per heavy atom. The van der Waals surface area contributed by atoms with Crippen molar-refractivity contribution in [2.24, 2.45) is 0 Å². The van der Waals surface area contributed by atoms with Crippen LogP contribution < -0.4 is 14.8 Å². The molecule has 0 amide bonds. The summed E-state index contributed by atoms with van der Waals surface area (Å²) >= 11 is 3.57. The maximum absolute atomic E-state index is 5.53. The molecule has 2 rings (SSSR count). The van der Waals surface area contributed by atoms with E-state index in [-0.39, 0.29) is 0 Å². The Bertz CT molecular complexity index is 465. The Morgan fingerprint density at radius 3 is 2.26 bits per heavy atom. The topological polar surface area (TPSA) is 33.7 Å². The van der Waals surface area contributed by atoms with Crippen LogP contribution in [0.3, 0.4) is 0 Å². The van der Waals surface area contributed by atoms with Gasteiger partial charge in [-0.15, -0.1) is 0 Å². The van der Waals surface area contributed by atoms with Gasteiger partial charge in [0.15, 0.2) is 0 Å². The van der Waals surface area contributed by atoms with Crippen molar-refractivity contribution in [1.29, 1.82) is 0 Å². The number of methoxy groups -OCH3 is 2. The van der Waals surface area contributed by atoms with Crippen molar-refractivity contribution >= 4 is 15.9 Å². The van der Waals surface area contributed by atoms with Crippen LogP contribution in [0.25, 0.3) is 0 Å². The molecule has 0 bridgehead atoms. The predicted octanol–water partition coefficient (Wildman–Crippen LogP) is 3.99. The van der Waals surface area contributed by atoms with Crippen LogP contribution in [0.15, 0.2) is 16.6 Å². The van der Waals surface area contributed by atoms with Crippen LogP contribution in [0.1, 0.15) is 44.2 Å². The van der Waals surface area contributed by atoms with Gasteiger partial charge in [0, 0.05) is 32.2 Å². The maximum Gasteiger partial charge on any atom is 0.137 e. The van der Waals surface area contributed by atoms with Crippen LogP contribution in [-0.4, -0.2) is 45.3 Å². The summed E-state index contributed by atoms with van der Waals surface area (Å²) in [4.78, 5) is 2.59. The number of unbranched alkanes of at least 4 members (excludes halogenated alkanes) is 2. The molecule has 1 N–H and O–H groups in total. The summed E-state index contributed by atoms with van der Waals surface area (Å²) in [6.07, 6.45) is 4.97. The fraction of sp³-hybridized carbons (Fsp3) is 0.667. The van der Waals surface area contributed by atoms with Crippen LogP contribution in [0.2, 0.25) is 0 Å². The quantitative estimate of drug-likeness (QED) is 0.686. The lowest BCUT2D eigenvalue weighted by Crippen LogP contribution is -2.45. The fourth-order valence-corrected chi connectivity index (χ4v) is 3.78. The Kier molecular flexibility index (Phi) is 7.66. The van der Waals surface area contributed by atoms with Crippen LogP contribution in [0.5, 0.6) is 11.5 Å². The molecular weight excluding hydrogens is 356 g/mol. The Morgan fingerprint density at radius 1 is 1.13 bits per heavy atom. The molecule has 1 aromatic rings. The highest BCUT2D eigenvalue weighted by molar-refractivity contribution is 9.10. The number of piperazine rings is 1. The first-order chi connectivity index (χ1) is 11.2. The predicted molar refractivity (Wildman–Crippen MR) is 98.6 cm³/mol. The molecule has 0 unspecified atom stereocenters.